The number of aromatic nitrogens is 2. The van der Waals surface area contributed by atoms with Crippen molar-refractivity contribution in [2.75, 3.05) is 0 Å². The Balaban J connectivity index is 2.32. The average molecular weight is 176 g/mol. The van der Waals surface area contributed by atoms with Crippen LogP contribution in [0.3, 0.4) is 0 Å². The van der Waals surface area contributed by atoms with Crippen LogP contribution in [0.5, 0.6) is 0 Å². The van der Waals surface area contributed by atoms with Crippen molar-refractivity contribution >= 4 is 0 Å². The number of nitrogens with zero attached hydrogens (tertiary/aromatic N) is 3. The molecular formula is C9H12N4. The fourth-order valence-corrected chi connectivity index (χ4v) is 0.911. The second-order valence-corrected chi connectivity index (χ2v) is 2.84. The highest BCUT2D eigenvalue weighted by Gasteiger charge is 1.99. The molecule has 0 spiro atoms. The lowest BCUT2D eigenvalue weighted by molar-refractivity contribution is 0.551. The highest BCUT2D eigenvalue weighted by molar-refractivity contribution is 4.97. The summed E-state index contributed by atoms with van der Waals surface area (Å²) < 4.78 is 0. The van der Waals surface area contributed by atoms with Crippen LogP contribution in [-0.4, -0.2) is 16.0 Å². The smallest absolute Gasteiger partial charge is 0.115 e. The summed E-state index contributed by atoms with van der Waals surface area (Å²) in [6, 6.07) is 4.17. The molecule has 1 N–H and O–H groups in total. The normalized spacial score (nSPS) is 12.0. The number of nitrogens with one attached hydrogen (secondary N) is 1. The first-order valence-electron chi connectivity index (χ1n) is 4.18. The van der Waals surface area contributed by atoms with E-state index in [0.717, 1.165) is 5.69 Å². The fraction of sp³-hybridized carbons (Fsp3) is 0.444. The predicted octanol–water partition coefficient (Wildman–Crippen LogP) is 0.868. The van der Waals surface area contributed by atoms with Gasteiger partial charge in [-0.3, -0.25) is 0 Å². The van der Waals surface area contributed by atoms with Crippen molar-refractivity contribution in [3.05, 3.63) is 24.3 Å². The molecule has 1 unspecified atom stereocenters. The molecule has 0 saturated carbocycles. The van der Waals surface area contributed by atoms with E-state index in [9.17, 15) is 0 Å². The van der Waals surface area contributed by atoms with Gasteiger partial charge in [0.2, 0.25) is 0 Å². The number of hydrogen-bond acceptors (Lipinski definition) is 4. The molecule has 1 aromatic rings. The summed E-state index contributed by atoms with van der Waals surface area (Å²) in [5.74, 6) is 0. The standard InChI is InChI=1S/C9H12N4/c1-8(2-4-10)12-6-9-3-5-11-7-13-9/h3,5,7-8,12H,2,6H2,1H3. The molecule has 0 fully saturated rings. The van der Waals surface area contributed by atoms with Crippen LogP contribution in [-0.2, 0) is 6.54 Å². The number of nitriles is 1. The third-order valence-corrected chi connectivity index (χ3v) is 1.67. The summed E-state index contributed by atoms with van der Waals surface area (Å²) in [7, 11) is 0. The van der Waals surface area contributed by atoms with E-state index in [1.807, 2.05) is 13.0 Å². The Bertz CT molecular complexity index is 277. The van der Waals surface area contributed by atoms with Crippen LogP contribution in [0.4, 0.5) is 0 Å². The molecule has 1 aromatic heterocycles. The van der Waals surface area contributed by atoms with Crippen LogP contribution >= 0.6 is 0 Å². The molecule has 0 aromatic carbocycles. The van der Waals surface area contributed by atoms with E-state index < -0.39 is 0 Å². The first kappa shape index (κ1) is 9.62. The van der Waals surface area contributed by atoms with Crippen molar-refractivity contribution in [1.82, 2.24) is 15.3 Å². The van der Waals surface area contributed by atoms with E-state index in [1.165, 1.54) is 6.33 Å². The predicted molar refractivity (Wildman–Crippen MR) is 48.6 cm³/mol. The van der Waals surface area contributed by atoms with Crippen molar-refractivity contribution in [2.45, 2.75) is 25.9 Å². The fourth-order valence-electron chi connectivity index (χ4n) is 0.911. The molecule has 1 atom stereocenters. The molecule has 0 aliphatic carbocycles. The lowest BCUT2D eigenvalue weighted by Crippen LogP contribution is -2.25. The van der Waals surface area contributed by atoms with E-state index >= 15 is 0 Å². The molecule has 4 nitrogen and oxygen atoms in total. The Hall–Kier alpha value is -1.47. The van der Waals surface area contributed by atoms with Crippen molar-refractivity contribution in [2.24, 2.45) is 0 Å². The number of hydrogen-bond donors (Lipinski definition) is 1. The zero-order chi connectivity index (χ0) is 9.52. The van der Waals surface area contributed by atoms with Crippen LogP contribution in [0.2, 0.25) is 0 Å². The van der Waals surface area contributed by atoms with Gasteiger partial charge in [0.25, 0.3) is 0 Å². The van der Waals surface area contributed by atoms with Crippen LogP contribution in [0.1, 0.15) is 19.0 Å². The number of rotatable bonds is 4. The third kappa shape index (κ3) is 3.63. The van der Waals surface area contributed by atoms with Gasteiger partial charge in [-0.05, 0) is 13.0 Å². The molecule has 13 heavy (non-hydrogen) atoms. The summed E-state index contributed by atoms with van der Waals surface area (Å²) in [5, 5.41) is 11.6. The molecule has 68 valence electrons. The molecule has 0 saturated heterocycles. The first-order chi connectivity index (χ1) is 6.33. The maximum absolute atomic E-state index is 8.42. The van der Waals surface area contributed by atoms with E-state index in [-0.39, 0.29) is 6.04 Å². The lowest BCUT2D eigenvalue weighted by Gasteiger charge is -2.08. The quantitative estimate of drug-likeness (QED) is 0.739. The minimum absolute atomic E-state index is 0.208. The molecule has 1 rings (SSSR count). The minimum atomic E-state index is 0.208. The van der Waals surface area contributed by atoms with Crippen LogP contribution in [0, 0.1) is 11.3 Å². The van der Waals surface area contributed by atoms with Gasteiger partial charge in [0.15, 0.2) is 0 Å². The van der Waals surface area contributed by atoms with Crippen LogP contribution in [0.25, 0.3) is 0 Å². The Morgan fingerprint density at radius 2 is 2.54 bits per heavy atom. The van der Waals surface area contributed by atoms with Gasteiger partial charge in [-0.1, -0.05) is 0 Å². The SMILES string of the molecule is CC(CC#N)NCc1ccncn1. The highest BCUT2D eigenvalue weighted by atomic mass is 14.9. The van der Waals surface area contributed by atoms with Crippen LogP contribution in [0.15, 0.2) is 18.6 Å². The molecule has 0 aliphatic heterocycles. The van der Waals surface area contributed by atoms with Gasteiger partial charge in [0.1, 0.15) is 6.33 Å². The van der Waals surface area contributed by atoms with Crippen molar-refractivity contribution < 1.29 is 0 Å². The highest BCUT2D eigenvalue weighted by Crippen LogP contribution is 1.93. The molecule has 0 amide bonds. The van der Waals surface area contributed by atoms with Gasteiger partial charge in [0.05, 0.1) is 18.2 Å². The monoisotopic (exact) mass is 176 g/mol. The summed E-state index contributed by atoms with van der Waals surface area (Å²) in [6.07, 6.45) is 3.75. The second-order valence-electron chi connectivity index (χ2n) is 2.84. The molecular weight excluding hydrogens is 164 g/mol. The van der Waals surface area contributed by atoms with Gasteiger partial charge in [-0.25, -0.2) is 9.97 Å². The third-order valence-electron chi connectivity index (χ3n) is 1.67. The van der Waals surface area contributed by atoms with Gasteiger partial charge in [-0.2, -0.15) is 5.26 Å². The summed E-state index contributed by atoms with van der Waals surface area (Å²) in [4.78, 5) is 7.87. The maximum atomic E-state index is 8.42. The van der Waals surface area contributed by atoms with Crippen molar-refractivity contribution in [3.8, 4) is 6.07 Å². The Morgan fingerprint density at radius 1 is 1.69 bits per heavy atom. The first-order valence-corrected chi connectivity index (χ1v) is 4.18. The minimum Gasteiger partial charge on any atom is -0.308 e. The van der Waals surface area contributed by atoms with Gasteiger partial charge >= 0.3 is 0 Å². The maximum Gasteiger partial charge on any atom is 0.115 e. The van der Waals surface area contributed by atoms with Crippen LogP contribution < -0.4 is 5.32 Å². The average Bonchev–Trinajstić information content (AvgIpc) is 2.17. The van der Waals surface area contributed by atoms with Gasteiger partial charge in [0, 0.05) is 18.8 Å². The molecule has 4 heteroatoms. The van der Waals surface area contributed by atoms with E-state index in [1.54, 1.807) is 6.20 Å². The van der Waals surface area contributed by atoms with E-state index in [0.29, 0.717) is 13.0 Å². The zero-order valence-electron chi connectivity index (χ0n) is 7.57. The lowest BCUT2D eigenvalue weighted by atomic mass is 10.2. The molecule has 0 aliphatic rings. The Kier molecular flexibility index (Phi) is 3.86. The summed E-state index contributed by atoms with van der Waals surface area (Å²) in [5.41, 5.74) is 0.944. The summed E-state index contributed by atoms with van der Waals surface area (Å²) >= 11 is 0. The molecule has 0 bridgehead atoms. The Labute approximate surface area is 77.6 Å². The largest absolute Gasteiger partial charge is 0.308 e. The topological polar surface area (TPSA) is 61.6 Å². The van der Waals surface area contributed by atoms with Gasteiger partial charge < -0.3 is 5.32 Å². The van der Waals surface area contributed by atoms with Crippen molar-refractivity contribution in [1.29, 1.82) is 5.26 Å². The second kappa shape index (κ2) is 5.22. The Morgan fingerprint density at radius 3 is 3.15 bits per heavy atom. The zero-order valence-corrected chi connectivity index (χ0v) is 7.57. The van der Waals surface area contributed by atoms with E-state index in [2.05, 4.69) is 21.4 Å². The van der Waals surface area contributed by atoms with Gasteiger partial charge in [-0.15, -0.1) is 0 Å². The molecule has 1 heterocycles. The van der Waals surface area contributed by atoms with E-state index in [4.69, 9.17) is 5.26 Å². The summed E-state index contributed by atoms with van der Waals surface area (Å²) in [6.45, 7) is 2.66. The molecule has 0 radical (unpaired) electrons. The van der Waals surface area contributed by atoms with Crippen molar-refractivity contribution in [3.63, 3.8) is 0 Å².